The average Bonchev–Trinajstić information content (AvgIpc) is 2.39. The first-order chi connectivity index (χ1) is 10.1. The van der Waals surface area contributed by atoms with Gasteiger partial charge >= 0.3 is 6.18 Å². The van der Waals surface area contributed by atoms with Gasteiger partial charge in [-0.1, -0.05) is 0 Å². The van der Waals surface area contributed by atoms with E-state index in [0.29, 0.717) is 12.1 Å². The summed E-state index contributed by atoms with van der Waals surface area (Å²) >= 11 is 4.60. The molecule has 22 heavy (non-hydrogen) atoms. The van der Waals surface area contributed by atoms with Crippen molar-refractivity contribution in [1.82, 2.24) is 9.55 Å². The van der Waals surface area contributed by atoms with Crippen molar-refractivity contribution < 1.29 is 22.0 Å². The van der Waals surface area contributed by atoms with Gasteiger partial charge in [0.15, 0.2) is 4.77 Å². The minimum atomic E-state index is -5.03. The molecule has 1 aromatic heterocycles. The van der Waals surface area contributed by atoms with Gasteiger partial charge < -0.3 is 0 Å². The molecule has 1 aromatic carbocycles. The Bertz CT molecular complexity index is 907. The summed E-state index contributed by atoms with van der Waals surface area (Å²) in [6.07, 6.45) is -5.03. The Morgan fingerprint density at radius 3 is 2.36 bits per heavy atom. The van der Waals surface area contributed by atoms with Crippen LogP contribution in [0.5, 0.6) is 0 Å². The number of halogens is 5. The van der Waals surface area contributed by atoms with Gasteiger partial charge in [-0.2, -0.15) is 18.4 Å². The number of nitrogens with one attached hydrogen (secondary N) is 1. The van der Waals surface area contributed by atoms with E-state index in [4.69, 9.17) is 5.26 Å². The number of alkyl halides is 3. The van der Waals surface area contributed by atoms with Gasteiger partial charge in [-0.15, -0.1) is 0 Å². The molecule has 0 radical (unpaired) electrons. The summed E-state index contributed by atoms with van der Waals surface area (Å²) in [7, 11) is 0. The lowest BCUT2D eigenvalue weighted by molar-refractivity contribution is -0.143. The standard InChI is InChI=1S/C12H4F5N3OS/c13-6-2-8(7(14)1-5(6)4-18)20-9(12(15,16)17)3-10(21)19-11(20)22/h1-3H,(H,19,21,22). The molecule has 0 amide bonds. The number of H-pyrrole nitrogens is 1. The topological polar surface area (TPSA) is 61.6 Å². The summed E-state index contributed by atoms with van der Waals surface area (Å²) in [5.74, 6) is -2.52. The van der Waals surface area contributed by atoms with E-state index in [1.54, 1.807) is 0 Å². The number of aromatic nitrogens is 2. The quantitative estimate of drug-likeness (QED) is 0.644. The van der Waals surface area contributed by atoms with Gasteiger partial charge in [-0.3, -0.25) is 14.3 Å². The first-order valence-electron chi connectivity index (χ1n) is 5.48. The zero-order valence-electron chi connectivity index (χ0n) is 10.3. The van der Waals surface area contributed by atoms with E-state index in [1.165, 1.54) is 6.07 Å². The van der Waals surface area contributed by atoms with Crippen molar-refractivity contribution in [2.75, 3.05) is 0 Å². The summed E-state index contributed by atoms with van der Waals surface area (Å²) in [6, 6.07) is 2.37. The van der Waals surface area contributed by atoms with Crippen molar-refractivity contribution in [3.8, 4) is 11.8 Å². The molecule has 0 aliphatic heterocycles. The Morgan fingerprint density at radius 2 is 1.82 bits per heavy atom. The minimum Gasteiger partial charge on any atom is -0.299 e. The normalized spacial score (nSPS) is 11.3. The van der Waals surface area contributed by atoms with Gasteiger partial charge in [0.1, 0.15) is 23.4 Å². The molecule has 1 heterocycles. The third-order valence-corrected chi connectivity index (χ3v) is 2.91. The van der Waals surface area contributed by atoms with E-state index in [-0.39, 0.29) is 10.6 Å². The minimum absolute atomic E-state index is 0.149. The van der Waals surface area contributed by atoms with Crippen LogP contribution < -0.4 is 5.56 Å². The van der Waals surface area contributed by atoms with E-state index in [0.717, 1.165) is 0 Å². The third kappa shape index (κ3) is 2.75. The maximum absolute atomic E-state index is 13.9. The van der Waals surface area contributed by atoms with Crippen LogP contribution in [0.25, 0.3) is 5.69 Å². The van der Waals surface area contributed by atoms with Crippen molar-refractivity contribution in [3.05, 3.63) is 56.2 Å². The molecule has 0 unspecified atom stereocenters. The molecule has 0 atom stereocenters. The van der Waals surface area contributed by atoms with Crippen LogP contribution in [0.1, 0.15) is 11.3 Å². The van der Waals surface area contributed by atoms with Gasteiger partial charge in [-0.25, -0.2) is 8.78 Å². The monoisotopic (exact) mass is 333 g/mol. The van der Waals surface area contributed by atoms with E-state index < -0.39 is 45.1 Å². The third-order valence-electron chi connectivity index (χ3n) is 2.63. The second-order valence-corrected chi connectivity index (χ2v) is 4.44. The average molecular weight is 333 g/mol. The number of hydrogen-bond acceptors (Lipinski definition) is 3. The van der Waals surface area contributed by atoms with Crippen molar-refractivity contribution in [2.24, 2.45) is 0 Å². The predicted molar refractivity (Wildman–Crippen MR) is 66.9 cm³/mol. The van der Waals surface area contributed by atoms with E-state index in [2.05, 4.69) is 12.2 Å². The maximum Gasteiger partial charge on any atom is 0.432 e. The molecular formula is C12H4F5N3OS. The SMILES string of the molecule is N#Cc1cc(F)c(-n2c(C(F)(F)F)cc(=O)[nH]c2=S)cc1F. The molecule has 1 N–H and O–H groups in total. The number of aromatic amines is 1. The van der Waals surface area contributed by atoms with Crippen molar-refractivity contribution in [1.29, 1.82) is 5.26 Å². The lowest BCUT2D eigenvalue weighted by Gasteiger charge is -2.16. The predicted octanol–water partition coefficient (Wildman–Crippen LogP) is 3.06. The molecule has 10 heteroatoms. The number of benzene rings is 1. The van der Waals surface area contributed by atoms with E-state index in [9.17, 15) is 26.7 Å². The second-order valence-electron chi connectivity index (χ2n) is 4.05. The molecule has 0 spiro atoms. The van der Waals surface area contributed by atoms with E-state index in [1.807, 2.05) is 4.98 Å². The maximum atomic E-state index is 13.9. The molecule has 0 fully saturated rings. The van der Waals surface area contributed by atoms with Gasteiger partial charge in [0.2, 0.25) is 0 Å². The first-order valence-corrected chi connectivity index (χ1v) is 5.89. The van der Waals surface area contributed by atoms with Gasteiger partial charge in [0.25, 0.3) is 5.56 Å². The van der Waals surface area contributed by atoms with Crippen molar-refractivity contribution in [3.63, 3.8) is 0 Å². The summed E-state index contributed by atoms with van der Waals surface area (Å²) in [5.41, 5.74) is -4.25. The summed E-state index contributed by atoms with van der Waals surface area (Å²) < 4.78 is 65.8. The van der Waals surface area contributed by atoms with Crippen LogP contribution in [0.15, 0.2) is 23.0 Å². The van der Waals surface area contributed by atoms with Crippen molar-refractivity contribution >= 4 is 12.2 Å². The summed E-state index contributed by atoms with van der Waals surface area (Å²) in [5, 5.41) is 8.57. The largest absolute Gasteiger partial charge is 0.432 e. The Hall–Kier alpha value is -2.54. The van der Waals surface area contributed by atoms with Gasteiger partial charge in [-0.05, 0) is 18.3 Å². The first kappa shape index (κ1) is 15.8. The lowest BCUT2D eigenvalue weighted by Crippen LogP contribution is -2.23. The Morgan fingerprint density at radius 1 is 1.18 bits per heavy atom. The molecule has 114 valence electrons. The number of rotatable bonds is 1. The molecule has 0 aliphatic carbocycles. The Labute approximate surface area is 124 Å². The number of hydrogen-bond donors (Lipinski definition) is 1. The molecule has 0 saturated carbocycles. The van der Waals surface area contributed by atoms with E-state index >= 15 is 0 Å². The molecule has 2 aromatic rings. The highest BCUT2D eigenvalue weighted by Gasteiger charge is 2.35. The smallest absolute Gasteiger partial charge is 0.299 e. The molecular weight excluding hydrogens is 329 g/mol. The van der Waals surface area contributed by atoms with Crippen LogP contribution in [0.3, 0.4) is 0 Å². The molecule has 4 nitrogen and oxygen atoms in total. The molecule has 0 bridgehead atoms. The fourth-order valence-corrected chi connectivity index (χ4v) is 2.03. The Balaban J connectivity index is 2.91. The zero-order valence-corrected chi connectivity index (χ0v) is 11.1. The highest BCUT2D eigenvalue weighted by atomic mass is 32.1. The van der Waals surface area contributed by atoms with Crippen LogP contribution in [0.4, 0.5) is 22.0 Å². The van der Waals surface area contributed by atoms with Gasteiger partial charge in [0, 0.05) is 12.1 Å². The van der Waals surface area contributed by atoms with Crippen LogP contribution in [0.2, 0.25) is 0 Å². The van der Waals surface area contributed by atoms with Crippen molar-refractivity contribution in [2.45, 2.75) is 6.18 Å². The molecule has 2 rings (SSSR count). The second kappa shape index (κ2) is 5.34. The highest BCUT2D eigenvalue weighted by Crippen LogP contribution is 2.31. The summed E-state index contributed by atoms with van der Waals surface area (Å²) in [6.45, 7) is 0. The fraction of sp³-hybridized carbons (Fsp3) is 0.0833. The van der Waals surface area contributed by atoms with Crippen LogP contribution in [0, 0.1) is 27.7 Å². The molecule has 0 saturated heterocycles. The number of nitrogens with zero attached hydrogens (tertiary/aromatic N) is 2. The van der Waals surface area contributed by atoms with Crippen LogP contribution >= 0.6 is 12.2 Å². The summed E-state index contributed by atoms with van der Waals surface area (Å²) in [4.78, 5) is 13.0. The molecule has 0 aliphatic rings. The Kier molecular flexibility index (Phi) is 3.85. The lowest BCUT2D eigenvalue weighted by atomic mass is 10.2. The van der Waals surface area contributed by atoms with Crippen LogP contribution in [-0.2, 0) is 6.18 Å². The highest BCUT2D eigenvalue weighted by molar-refractivity contribution is 7.71. The zero-order chi connectivity index (χ0) is 16.7. The van der Waals surface area contributed by atoms with Gasteiger partial charge in [0.05, 0.1) is 11.3 Å². The van der Waals surface area contributed by atoms with Crippen LogP contribution in [-0.4, -0.2) is 9.55 Å². The number of nitriles is 1. The fourth-order valence-electron chi connectivity index (χ4n) is 1.74.